The van der Waals surface area contributed by atoms with Crippen LogP contribution in [0.4, 0.5) is 5.69 Å². The van der Waals surface area contributed by atoms with Gasteiger partial charge in [-0.25, -0.2) is 0 Å². The predicted molar refractivity (Wildman–Crippen MR) is 87.2 cm³/mol. The lowest BCUT2D eigenvalue weighted by atomic mass is 10.1. The van der Waals surface area contributed by atoms with Crippen molar-refractivity contribution in [3.63, 3.8) is 0 Å². The monoisotopic (exact) mass is 348 g/mol. The summed E-state index contributed by atoms with van der Waals surface area (Å²) in [4.78, 5) is 12.3. The number of carbonyl (C=O) groups is 1. The molecule has 1 aliphatic rings. The molecule has 2 aromatic rings. The predicted octanol–water partition coefficient (Wildman–Crippen LogP) is 3.05. The minimum Gasteiger partial charge on any atom is -0.364 e. The maximum absolute atomic E-state index is 12.3. The Labute approximate surface area is 131 Å². The third-order valence-corrected chi connectivity index (χ3v) is 4.48. The van der Waals surface area contributed by atoms with Gasteiger partial charge in [-0.15, -0.1) is 0 Å². The van der Waals surface area contributed by atoms with Crippen LogP contribution in [-0.2, 0) is 9.53 Å². The highest BCUT2D eigenvalue weighted by Crippen LogP contribution is 2.30. The number of fused-ring (bicyclic) bond motifs is 1. The van der Waals surface area contributed by atoms with E-state index in [1.54, 1.807) is 0 Å². The molecule has 1 saturated heterocycles. The molecule has 0 aromatic heterocycles. The lowest BCUT2D eigenvalue weighted by Gasteiger charge is -2.14. The Hall–Kier alpha value is -1.43. The van der Waals surface area contributed by atoms with Crippen molar-refractivity contribution in [3.05, 3.63) is 40.9 Å². The molecule has 1 aliphatic heterocycles. The third-order valence-electron chi connectivity index (χ3n) is 3.79. The molecule has 0 bridgehead atoms. The molecule has 5 heteroatoms. The van der Waals surface area contributed by atoms with Crippen LogP contribution in [0.5, 0.6) is 0 Å². The standard InChI is InChI=1S/C16H17BrN2O2/c17-13-6-7-14(12-4-2-1-3-11(12)13)19-16(20)15-8-5-10(9-18)21-15/h1-4,6-7,10,15H,5,8-9,18H2,(H,19,20). The number of hydrogen-bond acceptors (Lipinski definition) is 3. The Kier molecular flexibility index (Phi) is 4.24. The van der Waals surface area contributed by atoms with Gasteiger partial charge in [-0.1, -0.05) is 40.2 Å². The summed E-state index contributed by atoms with van der Waals surface area (Å²) in [5.41, 5.74) is 6.38. The van der Waals surface area contributed by atoms with Crippen LogP contribution in [0, 0.1) is 0 Å². The van der Waals surface area contributed by atoms with E-state index in [0.717, 1.165) is 33.8 Å². The van der Waals surface area contributed by atoms with Crippen molar-refractivity contribution in [3.8, 4) is 0 Å². The molecule has 0 radical (unpaired) electrons. The maximum Gasteiger partial charge on any atom is 0.253 e. The van der Waals surface area contributed by atoms with Gasteiger partial charge in [-0.3, -0.25) is 4.79 Å². The third kappa shape index (κ3) is 2.95. The number of halogens is 1. The van der Waals surface area contributed by atoms with Gasteiger partial charge in [0.2, 0.25) is 0 Å². The number of carbonyl (C=O) groups excluding carboxylic acids is 1. The van der Waals surface area contributed by atoms with Crippen LogP contribution in [-0.4, -0.2) is 24.7 Å². The van der Waals surface area contributed by atoms with E-state index >= 15 is 0 Å². The molecule has 0 aliphatic carbocycles. The lowest BCUT2D eigenvalue weighted by Crippen LogP contribution is -2.29. The molecule has 2 atom stereocenters. The van der Waals surface area contributed by atoms with Gasteiger partial charge in [0.1, 0.15) is 6.10 Å². The van der Waals surface area contributed by atoms with Gasteiger partial charge in [-0.05, 0) is 30.4 Å². The zero-order valence-corrected chi connectivity index (χ0v) is 13.1. The molecule has 110 valence electrons. The number of rotatable bonds is 3. The highest BCUT2D eigenvalue weighted by atomic mass is 79.9. The first-order valence-electron chi connectivity index (χ1n) is 7.02. The Morgan fingerprint density at radius 2 is 2.00 bits per heavy atom. The van der Waals surface area contributed by atoms with Crippen molar-refractivity contribution in [2.75, 3.05) is 11.9 Å². The highest BCUT2D eigenvalue weighted by Gasteiger charge is 2.30. The van der Waals surface area contributed by atoms with Crippen molar-refractivity contribution in [1.29, 1.82) is 0 Å². The van der Waals surface area contributed by atoms with Gasteiger partial charge in [-0.2, -0.15) is 0 Å². The second-order valence-corrected chi connectivity index (χ2v) is 6.04. The van der Waals surface area contributed by atoms with Crippen LogP contribution >= 0.6 is 15.9 Å². The number of benzene rings is 2. The fourth-order valence-corrected chi connectivity index (χ4v) is 3.13. The van der Waals surface area contributed by atoms with Crippen LogP contribution in [0.2, 0.25) is 0 Å². The fourth-order valence-electron chi connectivity index (χ4n) is 2.66. The first kappa shape index (κ1) is 14.5. The Balaban J connectivity index is 1.82. The van der Waals surface area contributed by atoms with E-state index in [0.29, 0.717) is 6.54 Å². The van der Waals surface area contributed by atoms with Crippen molar-refractivity contribution in [1.82, 2.24) is 0 Å². The molecule has 1 amide bonds. The van der Waals surface area contributed by atoms with Crippen LogP contribution in [0.1, 0.15) is 12.8 Å². The van der Waals surface area contributed by atoms with E-state index in [2.05, 4.69) is 21.2 Å². The quantitative estimate of drug-likeness (QED) is 0.895. The van der Waals surface area contributed by atoms with Crippen LogP contribution in [0.15, 0.2) is 40.9 Å². The normalized spacial score (nSPS) is 21.6. The number of hydrogen-bond donors (Lipinski definition) is 2. The zero-order valence-electron chi connectivity index (χ0n) is 11.5. The lowest BCUT2D eigenvalue weighted by molar-refractivity contribution is -0.126. The zero-order chi connectivity index (χ0) is 14.8. The molecule has 21 heavy (non-hydrogen) atoms. The first-order chi connectivity index (χ1) is 10.2. The number of nitrogens with one attached hydrogen (secondary N) is 1. The molecular formula is C16H17BrN2O2. The van der Waals surface area contributed by atoms with Gasteiger partial charge in [0.25, 0.3) is 5.91 Å². The molecular weight excluding hydrogens is 332 g/mol. The van der Waals surface area contributed by atoms with E-state index in [-0.39, 0.29) is 12.0 Å². The van der Waals surface area contributed by atoms with Gasteiger partial charge in [0.15, 0.2) is 0 Å². The van der Waals surface area contributed by atoms with Crippen molar-refractivity contribution in [2.45, 2.75) is 25.0 Å². The largest absolute Gasteiger partial charge is 0.364 e. The average Bonchev–Trinajstić information content (AvgIpc) is 2.99. The Morgan fingerprint density at radius 1 is 1.24 bits per heavy atom. The summed E-state index contributed by atoms with van der Waals surface area (Å²) in [6.07, 6.45) is 1.17. The van der Waals surface area contributed by atoms with E-state index in [1.807, 2.05) is 36.4 Å². The van der Waals surface area contributed by atoms with E-state index in [4.69, 9.17) is 10.5 Å². The molecule has 1 fully saturated rings. The van der Waals surface area contributed by atoms with Gasteiger partial charge >= 0.3 is 0 Å². The number of anilines is 1. The van der Waals surface area contributed by atoms with Crippen LogP contribution in [0.25, 0.3) is 10.8 Å². The molecule has 3 rings (SSSR count). The van der Waals surface area contributed by atoms with E-state index < -0.39 is 6.10 Å². The van der Waals surface area contributed by atoms with Gasteiger partial charge < -0.3 is 15.8 Å². The highest BCUT2D eigenvalue weighted by molar-refractivity contribution is 9.10. The van der Waals surface area contributed by atoms with Crippen LogP contribution in [0.3, 0.4) is 0 Å². The summed E-state index contributed by atoms with van der Waals surface area (Å²) in [6.45, 7) is 0.463. The molecule has 2 unspecified atom stereocenters. The topological polar surface area (TPSA) is 64.4 Å². The van der Waals surface area contributed by atoms with E-state index in [1.165, 1.54) is 0 Å². The average molecular weight is 349 g/mol. The smallest absolute Gasteiger partial charge is 0.253 e. The number of nitrogens with two attached hydrogens (primary N) is 1. The summed E-state index contributed by atoms with van der Waals surface area (Å²) >= 11 is 3.53. The molecule has 3 N–H and O–H groups in total. The van der Waals surface area contributed by atoms with Crippen molar-refractivity contribution in [2.24, 2.45) is 5.73 Å². The van der Waals surface area contributed by atoms with Gasteiger partial charge in [0.05, 0.1) is 6.10 Å². The summed E-state index contributed by atoms with van der Waals surface area (Å²) in [5, 5.41) is 5.05. The van der Waals surface area contributed by atoms with Gasteiger partial charge in [0, 0.05) is 22.1 Å². The number of amides is 1. The maximum atomic E-state index is 12.3. The van der Waals surface area contributed by atoms with E-state index in [9.17, 15) is 4.79 Å². The minimum atomic E-state index is -0.402. The Morgan fingerprint density at radius 3 is 2.71 bits per heavy atom. The second-order valence-electron chi connectivity index (χ2n) is 5.19. The minimum absolute atomic E-state index is 0.00223. The summed E-state index contributed by atoms with van der Waals surface area (Å²) < 4.78 is 6.64. The first-order valence-corrected chi connectivity index (χ1v) is 7.82. The van der Waals surface area contributed by atoms with Crippen LogP contribution < -0.4 is 11.1 Å². The molecule has 2 aromatic carbocycles. The molecule has 1 heterocycles. The summed E-state index contributed by atoms with van der Waals surface area (Å²) in [5.74, 6) is -0.0987. The molecule has 0 saturated carbocycles. The SMILES string of the molecule is NCC1CCC(C(=O)Nc2ccc(Br)c3ccccc23)O1. The Bertz CT molecular complexity index is 674. The van der Waals surface area contributed by atoms with Crippen molar-refractivity contribution < 1.29 is 9.53 Å². The summed E-state index contributed by atoms with van der Waals surface area (Å²) in [7, 11) is 0. The summed E-state index contributed by atoms with van der Waals surface area (Å²) in [6, 6.07) is 11.8. The second kappa shape index (κ2) is 6.13. The number of ether oxygens (including phenoxy) is 1. The molecule has 0 spiro atoms. The fraction of sp³-hybridized carbons (Fsp3) is 0.312. The molecule has 4 nitrogen and oxygen atoms in total. The van der Waals surface area contributed by atoms with Crippen molar-refractivity contribution >= 4 is 38.3 Å².